The SMILES string of the molecule is CC1CCCC(O)(Cc2cc(Br)ccc2F)CC1. The van der Waals surface area contributed by atoms with Crippen molar-refractivity contribution in [2.45, 2.75) is 51.0 Å². The fourth-order valence-corrected chi connectivity index (χ4v) is 3.18. The van der Waals surface area contributed by atoms with Crippen molar-refractivity contribution in [3.63, 3.8) is 0 Å². The fourth-order valence-electron chi connectivity index (χ4n) is 2.77. The number of aliphatic hydroxyl groups is 1. The van der Waals surface area contributed by atoms with Gasteiger partial charge in [0.1, 0.15) is 5.82 Å². The van der Waals surface area contributed by atoms with Gasteiger partial charge in [0.2, 0.25) is 0 Å². The Morgan fingerprint density at radius 3 is 2.94 bits per heavy atom. The fraction of sp³-hybridized carbons (Fsp3) is 0.600. The summed E-state index contributed by atoms with van der Waals surface area (Å²) in [5.41, 5.74) is -0.117. The van der Waals surface area contributed by atoms with Crippen molar-refractivity contribution < 1.29 is 9.50 Å². The first-order valence-corrected chi connectivity index (χ1v) is 7.44. The predicted octanol–water partition coefficient (Wildman–Crippen LogP) is 4.46. The van der Waals surface area contributed by atoms with E-state index in [0.717, 1.165) is 30.2 Å². The van der Waals surface area contributed by atoms with Crippen LogP contribution in [0, 0.1) is 11.7 Å². The maximum absolute atomic E-state index is 13.7. The largest absolute Gasteiger partial charge is 0.390 e. The lowest BCUT2D eigenvalue weighted by atomic mass is 9.87. The Labute approximate surface area is 117 Å². The Hall–Kier alpha value is -0.410. The first-order valence-electron chi connectivity index (χ1n) is 6.65. The van der Waals surface area contributed by atoms with Gasteiger partial charge in [-0.05, 0) is 48.9 Å². The average molecular weight is 315 g/mol. The quantitative estimate of drug-likeness (QED) is 0.799. The van der Waals surface area contributed by atoms with Gasteiger partial charge in [0.05, 0.1) is 5.60 Å². The molecule has 0 radical (unpaired) electrons. The Morgan fingerprint density at radius 2 is 2.17 bits per heavy atom. The highest BCUT2D eigenvalue weighted by atomic mass is 79.9. The number of benzene rings is 1. The summed E-state index contributed by atoms with van der Waals surface area (Å²) in [5, 5.41) is 10.7. The molecular formula is C15H20BrFO. The lowest BCUT2D eigenvalue weighted by Crippen LogP contribution is -2.31. The summed E-state index contributed by atoms with van der Waals surface area (Å²) >= 11 is 3.36. The lowest BCUT2D eigenvalue weighted by Gasteiger charge is -2.27. The third-order valence-corrected chi connectivity index (χ3v) is 4.46. The maximum Gasteiger partial charge on any atom is 0.126 e. The van der Waals surface area contributed by atoms with E-state index in [4.69, 9.17) is 0 Å². The minimum atomic E-state index is -0.730. The van der Waals surface area contributed by atoms with Crippen LogP contribution in [0.2, 0.25) is 0 Å². The summed E-state index contributed by atoms with van der Waals surface area (Å²) in [7, 11) is 0. The van der Waals surface area contributed by atoms with Crippen molar-refractivity contribution in [3.05, 3.63) is 34.1 Å². The summed E-state index contributed by atoms with van der Waals surface area (Å²) in [4.78, 5) is 0. The predicted molar refractivity (Wildman–Crippen MR) is 75.0 cm³/mol. The second-order valence-corrected chi connectivity index (χ2v) is 6.59. The molecule has 0 saturated heterocycles. The molecule has 3 heteroatoms. The molecule has 1 nitrogen and oxygen atoms in total. The van der Waals surface area contributed by atoms with Gasteiger partial charge in [-0.25, -0.2) is 4.39 Å². The van der Waals surface area contributed by atoms with Crippen molar-refractivity contribution in [2.24, 2.45) is 5.92 Å². The minimum Gasteiger partial charge on any atom is -0.390 e. The highest BCUT2D eigenvalue weighted by Gasteiger charge is 2.30. The van der Waals surface area contributed by atoms with Gasteiger partial charge >= 0.3 is 0 Å². The highest BCUT2D eigenvalue weighted by Crippen LogP contribution is 2.33. The number of hydrogen-bond acceptors (Lipinski definition) is 1. The molecule has 0 bridgehead atoms. The summed E-state index contributed by atoms with van der Waals surface area (Å²) in [6, 6.07) is 4.93. The average Bonchev–Trinajstić information content (AvgIpc) is 2.47. The molecule has 1 aliphatic carbocycles. The second kappa shape index (κ2) is 5.70. The van der Waals surface area contributed by atoms with Crippen LogP contribution in [0.5, 0.6) is 0 Å². The Morgan fingerprint density at radius 1 is 1.39 bits per heavy atom. The van der Waals surface area contributed by atoms with Gasteiger partial charge in [0, 0.05) is 10.9 Å². The van der Waals surface area contributed by atoms with Crippen LogP contribution in [0.15, 0.2) is 22.7 Å². The van der Waals surface area contributed by atoms with E-state index in [1.54, 1.807) is 12.1 Å². The van der Waals surface area contributed by atoms with Crippen molar-refractivity contribution in [1.29, 1.82) is 0 Å². The van der Waals surface area contributed by atoms with Crippen LogP contribution < -0.4 is 0 Å². The number of rotatable bonds is 2. The molecule has 0 aromatic heterocycles. The third-order valence-electron chi connectivity index (χ3n) is 3.97. The van der Waals surface area contributed by atoms with Crippen LogP contribution in [0.4, 0.5) is 4.39 Å². The maximum atomic E-state index is 13.7. The summed E-state index contributed by atoms with van der Waals surface area (Å²) < 4.78 is 14.6. The lowest BCUT2D eigenvalue weighted by molar-refractivity contribution is 0.0236. The zero-order chi connectivity index (χ0) is 13.2. The molecule has 2 rings (SSSR count). The van der Waals surface area contributed by atoms with Gasteiger partial charge in [0.15, 0.2) is 0 Å². The van der Waals surface area contributed by atoms with Gasteiger partial charge in [-0.1, -0.05) is 35.7 Å². The molecule has 1 fully saturated rings. The Kier molecular flexibility index (Phi) is 4.44. The zero-order valence-corrected chi connectivity index (χ0v) is 12.3. The first-order chi connectivity index (χ1) is 8.48. The molecule has 1 aromatic carbocycles. The third kappa shape index (κ3) is 3.55. The van der Waals surface area contributed by atoms with Crippen molar-refractivity contribution >= 4 is 15.9 Å². The molecule has 2 unspecified atom stereocenters. The van der Waals surface area contributed by atoms with E-state index in [1.165, 1.54) is 12.5 Å². The smallest absolute Gasteiger partial charge is 0.126 e. The van der Waals surface area contributed by atoms with Gasteiger partial charge < -0.3 is 5.11 Å². The summed E-state index contributed by atoms with van der Waals surface area (Å²) in [5.74, 6) is 0.454. The normalized spacial score (nSPS) is 29.0. The van der Waals surface area contributed by atoms with E-state index < -0.39 is 5.60 Å². The zero-order valence-electron chi connectivity index (χ0n) is 10.8. The standard InChI is InChI=1S/C15H20BrFO/c1-11-3-2-7-15(18,8-6-11)10-12-9-13(16)4-5-14(12)17/h4-5,9,11,18H,2-3,6-8,10H2,1H3. The minimum absolute atomic E-state index is 0.219. The van der Waals surface area contributed by atoms with Crippen molar-refractivity contribution in [1.82, 2.24) is 0 Å². The van der Waals surface area contributed by atoms with Crippen LogP contribution >= 0.6 is 15.9 Å². The number of hydrogen-bond donors (Lipinski definition) is 1. The highest BCUT2D eigenvalue weighted by molar-refractivity contribution is 9.10. The van der Waals surface area contributed by atoms with Gasteiger partial charge in [-0.2, -0.15) is 0 Å². The number of halogens is 2. The van der Waals surface area contributed by atoms with Crippen LogP contribution in [-0.2, 0) is 6.42 Å². The monoisotopic (exact) mass is 314 g/mol. The molecular weight excluding hydrogens is 295 g/mol. The van der Waals surface area contributed by atoms with E-state index in [-0.39, 0.29) is 5.82 Å². The van der Waals surface area contributed by atoms with E-state index in [9.17, 15) is 9.50 Å². The molecule has 1 saturated carbocycles. The molecule has 0 aliphatic heterocycles. The molecule has 2 atom stereocenters. The van der Waals surface area contributed by atoms with E-state index in [0.29, 0.717) is 17.9 Å². The molecule has 0 spiro atoms. The molecule has 1 N–H and O–H groups in total. The molecule has 18 heavy (non-hydrogen) atoms. The molecule has 0 amide bonds. The van der Waals surface area contributed by atoms with Crippen molar-refractivity contribution in [2.75, 3.05) is 0 Å². The van der Waals surface area contributed by atoms with Crippen LogP contribution in [0.25, 0.3) is 0 Å². The van der Waals surface area contributed by atoms with Gasteiger partial charge in [0.25, 0.3) is 0 Å². The summed E-state index contributed by atoms with van der Waals surface area (Å²) in [6.07, 6.45) is 5.22. The molecule has 0 heterocycles. The summed E-state index contributed by atoms with van der Waals surface area (Å²) in [6.45, 7) is 2.23. The van der Waals surface area contributed by atoms with E-state index in [2.05, 4.69) is 22.9 Å². The van der Waals surface area contributed by atoms with Gasteiger partial charge in [-0.15, -0.1) is 0 Å². The van der Waals surface area contributed by atoms with Crippen LogP contribution in [0.1, 0.15) is 44.6 Å². The van der Waals surface area contributed by atoms with Crippen LogP contribution in [0.3, 0.4) is 0 Å². The van der Waals surface area contributed by atoms with Gasteiger partial charge in [-0.3, -0.25) is 0 Å². The first kappa shape index (κ1) is 14.0. The second-order valence-electron chi connectivity index (χ2n) is 5.67. The molecule has 100 valence electrons. The topological polar surface area (TPSA) is 20.2 Å². The van der Waals surface area contributed by atoms with Crippen LogP contribution in [-0.4, -0.2) is 10.7 Å². The Balaban J connectivity index is 2.13. The van der Waals surface area contributed by atoms with E-state index >= 15 is 0 Å². The van der Waals surface area contributed by atoms with Crippen molar-refractivity contribution in [3.8, 4) is 0 Å². The molecule has 1 aliphatic rings. The Bertz CT molecular complexity index is 421. The molecule has 1 aromatic rings. The van der Waals surface area contributed by atoms with E-state index in [1.807, 2.05) is 0 Å².